The largest absolute Gasteiger partial charge is 0.481 e. The first-order valence-electron chi connectivity index (χ1n) is 3.62. The fourth-order valence-corrected chi connectivity index (χ4v) is 1.16. The normalized spacial score (nSPS) is 14.8. The Morgan fingerprint density at radius 2 is 1.90 bits per heavy atom. The summed E-state index contributed by atoms with van der Waals surface area (Å²) < 4.78 is 0. The van der Waals surface area contributed by atoms with Gasteiger partial charge in [-0.05, 0) is 11.8 Å². The summed E-state index contributed by atoms with van der Waals surface area (Å²) in [6.45, 7) is 7.77. The molecule has 0 aliphatic rings. The molecule has 0 radical (unpaired) electrons. The number of carboxylic acid groups (broad SMARTS) is 1. The summed E-state index contributed by atoms with van der Waals surface area (Å²) in [4.78, 5) is 10.6. The second kappa shape index (κ2) is 3.04. The zero-order valence-electron chi connectivity index (χ0n) is 7.14. The van der Waals surface area contributed by atoms with E-state index in [9.17, 15) is 4.79 Å². The Kier molecular flexibility index (Phi) is 2.88. The molecule has 0 aliphatic carbocycles. The number of carbonyl (C=O) groups is 1. The van der Waals surface area contributed by atoms with E-state index in [1.54, 1.807) is 0 Å². The predicted molar refractivity (Wildman–Crippen MR) is 40.9 cm³/mol. The lowest BCUT2D eigenvalue weighted by Crippen LogP contribution is -2.27. The van der Waals surface area contributed by atoms with E-state index in [-0.39, 0.29) is 11.3 Å². The van der Waals surface area contributed by atoms with Gasteiger partial charge in [0.25, 0.3) is 0 Å². The van der Waals surface area contributed by atoms with Crippen molar-refractivity contribution in [2.45, 2.75) is 34.1 Å². The van der Waals surface area contributed by atoms with Gasteiger partial charge in [-0.3, -0.25) is 4.79 Å². The molecule has 10 heavy (non-hydrogen) atoms. The van der Waals surface area contributed by atoms with Crippen molar-refractivity contribution >= 4 is 5.97 Å². The monoisotopic (exact) mass is 144 g/mol. The van der Waals surface area contributed by atoms with E-state index in [2.05, 4.69) is 0 Å². The summed E-state index contributed by atoms with van der Waals surface area (Å²) in [5, 5.41) is 8.71. The van der Waals surface area contributed by atoms with Gasteiger partial charge in [0, 0.05) is 0 Å². The molecule has 0 amide bonds. The van der Waals surface area contributed by atoms with Gasteiger partial charge in [-0.2, -0.15) is 0 Å². The van der Waals surface area contributed by atoms with E-state index in [1.807, 2.05) is 27.7 Å². The van der Waals surface area contributed by atoms with Gasteiger partial charge in [-0.25, -0.2) is 0 Å². The maximum atomic E-state index is 10.6. The highest BCUT2D eigenvalue weighted by Gasteiger charge is 2.28. The Hall–Kier alpha value is -0.530. The van der Waals surface area contributed by atoms with Crippen LogP contribution in [0.5, 0.6) is 0 Å². The summed E-state index contributed by atoms with van der Waals surface area (Å²) >= 11 is 0. The van der Waals surface area contributed by atoms with E-state index in [4.69, 9.17) is 5.11 Å². The van der Waals surface area contributed by atoms with Crippen molar-refractivity contribution in [2.24, 2.45) is 11.3 Å². The van der Waals surface area contributed by atoms with Crippen molar-refractivity contribution in [1.82, 2.24) is 0 Å². The number of hydrogen-bond donors (Lipinski definition) is 1. The van der Waals surface area contributed by atoms with Gasteiger partial charge < -0.3 is 5.11 Å². The lowest BCUT2D eigenvalue weighted by molar-refractivity contribution is -0.145. The molecule has 1 N–H and O–H groups in total. The minimum absolute atomic E-state index is 0.111. The highest BCUT2D eigenvalue weighted by Crippen LogP contribution is 2.28. The van der Waals surface area contributed by atoms with Gasteiger partial charge in [0.1, 0.15) is 0 Å². The van der Waals surface area contributed by atoms with Crippen molar-refractivity contribution in [3.8, 4) is 0 Å². The molecule has 0 spiro atoms. The maximum absolute atomic E-state index is 10.6. The second-order valence-corrected chi connectivity index (χ2v) is 3.67. The molecular weight excluding hydrogens is 128 g/mol. The van der Waals surface area contributed by atoms with E-state index < -0.39 is 5.97 Å². The molecule has 0 aliphatic heterocycles. The van der Waals surface area contributed by atoms with Crippen LogP contribution < -0.4 is 0 Å². The molecule has 2 nitrogen and oxygen atoms in total. The van der Waals surface area contributed by atoms with Gasteiger partial charge in [0.05, 0.1) is 5.92 Å². The molecule has 0 fully saturated rings. The molecule has 0 aromatic rings. The third-order valence-corrected chi connectivity index (χ3v) is 1.75. The number of aliphatic carboxylic acids is 1. The topological polar surface area (TPSA) is 37.3 Å². The third kappa shape index (κ3) is 2.38. The minimum atomic E-state index is -0.685. The van der Waals surface area contributed by atoms with Crippen LogP contribution in [0.4, 0.5) is 0 Å². The molecule has 0 unspecified atom stereocenters. The molecule has 0 aromatic heterocycles. The molecule has 0 saturated heterocycles. The molecule has 0 saturated carbocycles. The summed E-state index contributed by atoms with van der Waals surface area (Å²) in [5.74, 6) is -0.900. The SMILES string of the molecule is CC[C@H](C(=O)O)C(C)(C)C. The lowest BCUT2D eigenvalue weighted by Gasteiger charge is -2.25. The summed E-state index contributed by atoms with van der Waals surface area (Å²) in [7, 11) is 0. The van der Waals surface area contributed by atoms with E-state index in [0.717, 1.165) is 0 Å². The van der Waals surface area contributed by atoms with E-state index >= 15 is 0 Å². The Labute approximate surface area is 62.2 Å². The molecule has 0 aromatic carbocycles. The molecule has 0 rings (SSSR count). The molecule has 0 bridgehead atoms. The maximum Gasteiger partial charge on any atom is 0.307 e. The number of hydrogen-bond acceptors (Lipinski definition) is 1. The summed E-state index contributed by atoms with van der Waals surface area (Å²) in [6, 6.07) is 0. The average molecular weight is 144 g/mol. The highest BCUT2D eigenvalue weighted by molar-refractivity contribution is 5.70. The standard InChI is InChI=1S/C8H16O2/c1-5-6(7(9)10)8(2,3)4/h6H,5H2,1-4H3,(H,9,10)/t6-/m1/s1. The van der Waals surface area contributed by atoms with Crippen LogP contribution in [0.3, 0.4) is 0 Å². The quantitative estimate of drug-likeness (QED) is 0.644. The van der Waals surface area contributed by atoms with Crippen LogP contribution >= 0.6 is 0 Å². The van der Waals surface area contributed by atoms with Crippen LogP contribution in [0.25, 0.3) is 0 Å². The first-order chi connectivity index (χ1) is 4.39. The van der Waals surface area contributed by atoms with Gasteiger partial charge >= 0.3 is 5.97 Å². The van der Waals surface area contributed by atoms with Gasteiger partial charge in [0.15, 0.2) is 0 Å². The van der Waals surface area contributed by atoms with Gasteiger partial charge in [0.2, 0.25) is 0 Å². The summed E-state index contributed by atoms with van der Waals surface area (Å²) in [6.07, 6.45) is 0.707. The lowest BCUT2D eigenvalue weighted by atomic mass is 9.79. The van der Waals surface area contributed by atoms with Crippen LogP contribution in [0.15, 0.2) is 0 Å². The average Bonchev–Trinajstić information content (AvgIpc) is 1.60. The molecule has 1 atom stereocenters. The Balaban J connectivity index is 4.22. The van der Waals surface area contributed by atoms with Crippen molar-refractivity contribution in [3.63, 3.8) is 0 Å². The van der Waals surface area contributed by atoms with E-state index in [1.165, 1.54) is 0 Å². The predicted octanol–water partition coefficient (Wildman–Crippen LogP) is 2.14. The number of rotatable bonds is 2. The van der Waals surface area contributed by atoms with Gasteiger partial charge in [-0.1, -0.05) is 27.7 Å². The van der Waals surface area contributed by atoms with Crippen molar-refractivity contribution in [1.29, 1.82) is 0 Å². The first kappa shape index (κ1) is 9.47. The molecule has 60 valence electrons. The fraction of sp³-hybridized carbons (Fsp3) is 0.875. The highest BCUT2D eigenvalue weighted by atomic mass is 16.4. The van der Waals surface area contributed by atoms with Crippen LogP contribution in [-0.2, 0) is 4.79 Å². The third-order valence-electron chi connectivity index (χ3n) is 1.75. The number of carboxylic acids is 1. The van der Waals surface area contributed by atoms with Crippen molar-refractivity contribution < 1.29 is 9.90 Å². The van der Waals surface area contributed by atoms with Crippen LogP contribution in [-0.4, -0.2) is 11.1 Å². The van der Waals surface area contributed by atoms with Crippen molar-refractivity contribution in [3.05, 3.63) is 0 Å². The van der Waals surface area contributed by atoms with Crippen LogP contribution in [0.1, 0.15) is 34.1 Å². The first-order valence-corrected chi connectivity index (χ1v) is 3.62. The van der Waals surface area contributed by atoms with E-state index in [0.29, 0.717) is 6.42 Å². The Morgan fingerprint density at radius 3 is 1.90 bits per heavy atom. The fourth-order valence-electron chi connectivity index (χ4n) is 1.16. The molecule has 0 heterocycles. The smallest absolute Gasteiger partial charge is 0.307 e. The molecular formula is C8H16O2. The summed E-state index contributed by atoms with van der Waals surface area (Å²) in [5.41, 5.74) is -0.111. The van der Waals surface area contributed by atoms with Crippen molar-refractivity contribution in [2.75, 3.05) is 0 Å². The minimum Gasteiger partial charge on any atom is -0.481 e. The Morgan fingerprint density at radius 1 is 1.50 bits per heavy atom. The second-order valence-electron chi connectivity index (χ2n) is 3.67. The zero-order valence-corrected chi connectivity index (χ0v) is 7.14. The molecule has 2 heteroatoms. The van der Waals surface area contributed by atoms with Crippen LogP contribution in [0.2, 0.25) is 0 Å². The Bertz CT molecular complexity index is 122. The van der Waals surface area contributed by atoms with Gasteiger partial charge in [-0.15, -0.1) is 0 Å². The zero-order chi connectivity index (χ0) is 8.36. The van der Waals surface area contributed by atoms with Crippen LogP contribution in [0, 0.1) is 11.3 Å².